The maximum Gasteiger partial charge on any atom is 0.239 e. The highest BCUT2D eigenvalue weighted by molar-refractivity contribution is 8.00. The fourth-order valence-corrected chi connectivity index (χ4v) is 3.73. The van der Waals surface area contributed by atoms with Crippen LogP contribution in [0.1, 0.15) is 37.0 Å². The molecule has 0 N–H and O–H groups in total. The van der Waals surface area contributed by atoms with E-state index in [4.69, 9.17) is 9.26 Å². The number of ether oxygens (including phenoxy) is 1. The number of hydrogen-bond acceptors (Lipinski definition) is 5. The van der Waals surface area contributed by atoms with Crippen LogP contribution in [0.3, 0.4) is 0 Å². The van der Waals surface area contributed by atoms with E-state index in [1.54, 1.807) is 30.8 Å². The SMILES string of the molecule is Cc1ccc(-c2noc([C@H](C)S[C@@H]3CCO[C@@H]3C)n2)cc1F. The zero-order chi connectivity index (χ0) is 15.7. The van der Waals surface area contributed by atoms with E-state index in [-0.39, 0.29) is 17.2 Å². The van der Waals surface area contributed by atoms with E-state index in [1.807, 2.05) is 6.92 Å². The smallest absolute Gasteiger partial charge is 0.239 e. The molecular weight excluding hydrogens is 303 g/mol. The molecule has 1 aliphatic rings. The molecule has 2 aromatic rings. The lowest BCUT2D eigenvalue weighted by molar-refractivity contribution is 0.127. The van der Waals surface area contributed by atoms with E-state index < -0.39 is 0 Å². The number of thioether (sulfide) groups is 1. The second kappa shape index (κ2) is 6.38. The Hall–Kier alpha value is -1.40. The Morgan fingerprint density at radius 1 is 1.41 bits per heavy atom. The van der Waals surface area contributed by atoms with Crippen LogP contribution < -0.4 is 0 Å². The van der Waals surface area contributed by atoms with Crippen LogP contribution in [-0.2, 0) is 4.74 Å². The zero-order valence-corrected chi connectivity index (χ0v) is 13.7. The third-order valence-corrected chi connectivity index (χ3v) is 5.48. The zero-order valence-electron chi connectivity index (χ0n) is 12.9. The number of halogens is 1. The molecule has 0 unspecified atom stereocenters. The Balaban J connectivity index is 1.73. The van der Waals surface area contributed by atoms with Crippen molar-refractivity contribution in [2.75, 3.05) is 6.61 Å². The molecule has 0 bridgehead atoms. The van der Waals surface area contributed by atoms with Crippen molar-refractivity contribution < 1.29 is 13.7 Å². The monoisotopic (exact) mass is 322 g/mol. The first-order valence-electron chi connectivity index (χ1n) is 7.42. The molecule has 0 amide bonds. The summed E-state index contributed by atoms with van der Waals surface area (Å²) in [7, 11) is 0. The summed E-state index contributed by atoms with van der Waals surface area (Å²) in [6, 6.07) is 4.96. The van der Waals surface area contributed by atoms with Crippen LogP contribution >= 0.6 is 11.8 Å². The molecule has 0 saturated carbocycles. The van der Waals surface area contributed by atoms with E-state index >= 15 is 0 Å². The molecule has 3 rings (SSSR count). The van der Waals surface area contributed by atoms with Gasteiger partial charge in [-0.3, -0.25) is 0 Å². The van der Waals surface area contributed by atoms with Crippen LogP contribution in [0.5, 0.6) is 0 Å². The Bertz CT molecular complexity index is 661. The van der Waals surface area contributed by atoms with Gasteiger partial charge in [0.1, 0.15) is 5.82 Å². The second-order valence-corrected chi connectivity index (χ2v) is 7.19. The first-order valence-corrected chi connectivity index (χ1v) is 8.36. The van der Waals surface area contributed by atoms with Gasteiger partial charge in [0.2, 0.25) is 11.7 Å². The minimum Gasteiger partial charge on any atom is -0.377 e. The molecule has 1 aromatic carbocycles. The van der Waals surface area contributed by atoms with E-state index in [9.17, 15) is 4.39 Å². The molecular formula is C16H19FN2O2S. The van der Waals surface area contributed by atoms with Gasteiger partial charge in [0, 0.05) is 17.4 Å². The van der Waals surface area contributed by atoms with Crippen LogP contribution in [0.25, 0.3) is 11.4 Å². The Labute approximate surface area is 133 Å². The van der Waals surface area contributed by atoms with Gasteiger partial charge in [0.15, 0.2) is 0 Å². The highest BCUT2D eigenvalue weighted by atomic mass is 32.2. The first-order chi connectivity index (χ1) is 10.5. The standard InChI is InChI=1S/C16H19FN2O2S/c1-9-4-5-12(8-13(9)17)15-18-16(21-19-15)11(3)22-14-6-7-20-10(14)2/h4-5,8,10-11,14H,6-7H2,1-3H3/t10-,11+,14-/m1/s1. The Kier molecular flexibility index (Phi) is 4.49. The number of rotatable bonds is 4. The van der Waals surface area contributed by atoms with Gasteiger partial charge in [-0.05, 0) is 38.8 Å². The van der Waals surface area contributed by atoms with E-state index in [2.05, 4.69) is 17.1 Å². The minimum absolute atomic E-state index is 0.0886. The van der Waals surface area contributed by atoms with E-state index in [0.717, 1.165) is 13.0 Å². The number of aryl methyl sites for hydroxylation is 1. The summed E-state index contributed by atoms with van der Waals surface area (Å²) >= 11 is 1.79. The maximum atomic E-state index is 13.6. The lowest BCUT2D eigenvalue weighted by atomic mass is 10.1. The van der Waals surface area contributed by atoms with Gasteiger partial charge in [0.25, 0.3) is 0 Å². The largest absolute Gasteiger partial charge is 0.377 e. The molecule has 22 heavy (non-hydrogen) atoms. The van der Waals surface area contributed by atoms with Crippen molar-refractivity contribution >= 4 is 11.8 Å². The van der Waals surface area contributed by atoms with Gasteiger partial charge >= 0.3 is 0 Å². The molecule has 1 fully saturated rings. The normalized spacial score (nSPS) is 22.9. The number of hydrogen-bond donors (Lipinski definition) is 0. The van der Waals surface area contributed by atoms with Crippen LogP contribution in [0.2, 0.25) is 0 Å². The van der Waals surface area contributed by atoms with Gasteiger partial charge in [-0.25, -0.2) is 4.39 Å². The predicted molar refractivity (Wildman–Crippen MR) is 84.3 cm³/mol. The topological polar surface area (TPSA) is 48.2 Å². The third kappa shape index (κ3) is 3.17. The summed E-state index contributed by atoms with van der Waals surface area (Å²) in [6.45, 7) is 6.67. The van der Waals surface area contributed by atoms with Crippen molar-refractivity contribution in [3.8, 4) is 11.4 Å². The summed E-state index contributed by atoms with van der Waals surface area (Å²) in [5.74, 6) is 0.736. The molecule has 6 heteroatoms. The summed E-state index contributed by atoms with van der Waals surface area (Å²) in [5.41, 5.74) is 1.24. The summed E-state index contributed by atoms with van der Waals surface area (Å²) < 4.78 is 24.6. The highest BCUT2D eigenvalue weighted by Crippen LogP contribution is 2.37. The fraction of sp³-hybridized carbons (Fsp3) is 0.500. The van der Waals surface area contributed by atoms with Crippen LogP contribution in [0.15, 0.2) is 22.7 Å². The van der Waals surface area contributed by atoms with Crippen molar-refractivity contribution in [2.24, 2.45) is 0 Å². The van der Waals surface area contributed by atoms with Crippen molar-refractivity contribution in [2.45, 2.75) is 43.8 Å². The molecule has 2 heterocycles. The lowest BCUT2D eigenvalue weighted by Crippen LogP contribution is -2.14. The van der Waals surface area contributed by atoms with E-state index in [1.165, 1.54) is 6.07 Å². The predicted octanol–water partition coefficient (Wildman–Crippen LogP) is 4.16. The van der Waals surface area contributed by atoms with Gasteiger partial charge in [-0.2, -0.15) is 4.98 Å². The van der Waals surface area contributed by atoms with E-state index in [0.29, 0.717) is 28.1 Å². The molecule has 3 atom stereocenters. The number of benzene rings is 1. The fourth-order valence-electron chi connectivity index (χ4n) is 2.46. The summed E-state index contributed by atoms with van der Waals surface area (Å²) in [6.07, 6.45) is 1.29. The van der Waals surface area contributed by atoms with Crippen LogP contribution in [0.4, 0.5) is 4.39 Å². The summed E-state index contributed by atoms with van der Waals surface area (Å²) in [4.78, 5) is 4.41. The van der Waals surface area contributed by atoms with Gasteiger partial charge in [-0.1, -0.05) is 17.3 Å². The van der Waals surface area contributed by atoms with Crippen molar-refractivity contribution in [3.05, 3.63) is 35.5 Å². The van der Waals surface area contributed by atoms with Gasteiger partial charge in [-0.15, -0.1) is 11.8 Å². The molecule has 0 aliphatic carbocycles. The molecule has 1 aliphatic heterocycles. The summed E-state index contributed by atoms with van der Waals surface area (Å²) in [5, 5.41) is 4.51. The molecule has 118 valence electrons. The quantitative estimate of drug-likeness (QED) is 0.846. The molecule has 4 nitrogen and oxygen atoms in total. The van der Waals surface area contributed by atoms with Crippen LogP contribution in [0, 0.1) is 12.7 Å². The average molecular weight is 322 g/mol. The molecule has 1 saturated heterocycles. The van der Waals surface area contributed by atoms with Gasteiger partial charge in [0.05, 0.1) is 11.4 Å². The Morgan fingerprint density at radius 3 is 2.91 bits per heavy atom. The van der Waals surface area contributed by atoms with Crippen molar-refractivity contribution in [1.82, 2.24) is 10.1 Å². The maximum absolute atomic E-state index is 13.6. The Morgan fingerprint density at radius 2 is 2.23 bits per heavy atom. The minimum atomic E-state index is -0.261. The first kappa shape index (κ1) is 15.5. The molecule has 0 radical (unpaired) electrons. The lowest BCUT2D eigenvalue weighted by Gasteiger charge is -2.16. The molecule has 1 aromatic heterocycles. The highest BCUT2D eigenvalue weighted by Gasteiger charge is 2.28. The van der Waals surface area contributed by atoms with Crippen molar-refractivity contribution in [3.63, 3.8) is 0 Å². The number of nitrogens with zero attached hydrogens (tertiary/aromatic N) is 2. The van der Waals surface area contributed by atoms with Crippen molar-refractivity contribution in [1.29, 1.82) is 0 Å². The number of aromatic nitrogens is 2. The average Bonchev–Trinajstić information content (AvgIpc) is 3.12. The molecule has 0 spiro atoms. The third-order valence-electron chi connectivity index (χ3n) is 3.91. The second-order valence-electron chi connectivity index (χ2n) is 5.60. The van der Waals surface area contributed by atoms with Crippen LogP contribution in [-0.4, -0.2) is 28.1 Å². The van der Waals surface area contributed by atoms with Gasteiger partial charge < -0.3 is 9.26 Å².